The number of sulfonamides is 1. The molecule has 0 radical (unpaired) electrons. The van der Waals surface area contributed by atoms with Gasteiger partial charge in [0.05, 0.1) is 25.2 Å². The number of amides is 1. The van der Waals surface area contributed by atoms with Crippen LogP contribution in [-0.2, 0) is 31.7 Å². The molecule has 1 amide bonds. The van der Waals surface area contributed by atoms with Crippen LogP contribution in [0.3, 0.4) is 0 Å². The summed E-state index contributed by atoms with van der Waals surface area (Å²) < 4.78 is 51.7. The monoisotopic (exact) mass is 530 g/mol. The van der Waals surface area contributed by atoms with Crippen molar-refractivity contribution in [2.75, 3.05) is 45.7 Å². The van der Waals surface area contributed by atoms with Gasteiger partial charge in [-0.15, -0.1) is 0 Å². The lowest BCUT2D eigenvalue weighted by molar-refractivity contribution is -0.120. The topological polar surface area (TPSA) is 84.9 Å². The van der Waals surface area contributed by atoms with E-state index < -0.39 is 10.0 Å². The minimum atomic E-state index is -3.64. The number of morpholine rings is 1. The summed E-state index contributed by atoms with van der Waals surface area (Å²) >= 11 is 7.50. The Morgan fingerprint density at radius 2 is 2.03 bits per heavy atom. The van der Waals surface area contributed by atoms with Gasteiger partial charge in [0.2, 0.25) is 15.9 Å². The number of rotatable bonds is 11. The molecule has 1 fully saturated rings. The lowest BCUT2D eigenvalue weighted by Crippen LogP contribution is -2.40. The Hall–Kier alpha value is -1.85. The highest BCUT2D eigenvalue weighted by atomic mass is 35.5. The maximum atomic E-state index is 13.8. The van der Waals surface area contributed by atoms with Crippen molar-refractivity contribution < 1.29 is 27.1 Å². The molecule has 0 atom stereocenters. The molecule has 1 aliphatic rings. The van der Waals surface area contributed by atoms with Crippen molar-refractivity contribution in [1.29, 1.82) is 0 Å². The highest BCUT2D eigenvalue weighted by molar-refractivity contribution is 7.98. The first-order valence-corrected chi connectivity index (χ1v) is 13.8. The number of benzene rings is 2. The molecular weight excluding hydrogens is 503 g/mol. The second kappa shape index (κ2) is 12.7. The molecule has 1 saturated heterocycles. The highest BCUT2D eigenvalue weighted by Crippen LogP contribution is 2.26. The Kier molecular flexibility index (Phi) is 10.0. The molecule has 2 aromatic rings. The fourth-order valence-corrected chi connectivity index (χ4v) is 6.15. The molecule has 0 saturated carbocycles. The van der Waals surface area contributed by atoms with Crippen molar-refractivity contribution in [1.82, 2.24) is 9.62 Å². The predicted molar refractivity (Wildman–Crippen MR) is 131 cm³/mol. The van der Waals surface area contributed by atoms with E-state index in [9.17, 15) is 17.6 Å². The summed E-state index contributed by atoms with van der Waals surface area (Å²) in [4.78, 5) is 12.5. The number of aryl methyl sites for hydroxylation is 1. The number of nitrogens with one attached hydrogen (secondary N) is 1. The van der Waals surface area contributed by atoms with Gasteiger partial charge in [0, 0.05) is 48.1 Å². The summed E-state index contributed by atoms with van der Waals surface area (Å²) in [6, 6.07) is 9.30. The summed E-state index contributed by atoms with van der Waals surface area (Å²) in [5.74, 6) is 1.06. The minimum Gasteiger partial charge on any atom is -0.496 e. The number of methoxy groups -OCH3 is 1. The average Bonchev–Trinajstić information content (AvgIpc) is 2.84. The van der Waals surface area contributed by atoms with E-state index in [2.05, 4.69) is 5.32 Å². The zero-order valence-electron chi connectivity index (χ0n) is 18.9. The van der Waals surface area contributed by atoms with Crippen LogP contribution < -0.4 is 10.1 Å². The highest BCUT2D eigenvalue weighted by Gasteiger charge is 2.27. The molecule has 1 aliphatic heterocycles. The van der Waals surface area contributed by atoms with E-state index in [4.69, 9.17) is 21.1 Å². The Morgan fingerprint density at radius 1 is 1.26 bits per heavy atom. The molecule has 186 valence electrons. The zero-order chi connectivity index (χ0) is 24.6. The molecule has 34 heavy (non-hydrogen) atoms. The number of carbonyl (C=O) groups excluding carboxylic acids is 1. The minimum absolute atomic E-state index is 0.159. The van der Waals surface area contributed by atoms with Gasteiger partial charge in [0.1, 0.15) is 11.6 Å². The van der Waals surface area contributed by atoms with E-state index >= 15 is 0 Å². The van der Waals surface area contributed by atoms with E-state index in [0.717, 1.165) is 0 Å². The third kappa shape index (κ3) is 7.08. The smallest absolute Gasteiger partial charge is 0.243 e. The van der Waals surface area contributed by atoms with Gasteiger partial charge in [-0.2, -0.15) is 16.1 Å². The Labute approximate surface area is 209 Å². The predicted octanol–water partition coefficient (Wildman–Crippen LogP) is 3.49. The third-order valence-electron chi connectivity index (χ3n) is 5.36. The molecule has 7 nitrogen and oxygen atoms in total. The average molecular weight is 531 g/mol. The summed E-state index contributed by atoms with van der Waals surface area (Å²) in [5.41, 5.74) is 1.11. The number of nitrogens with zero attached hydrogens (tertiary/aromatic N) is 1. The number of hydrogen-bond acceptors (Lipinski definition) is 6. The molecule has 0 aliphatic carbocycles. The van der Waals surface area contributed by atoms with Gasteiger partial charge in [-0.05, 0) is 42.3 Å². The maximum Gasteiger partial charge on any atom is 0.243 e. The number of thioether (sulfide) groups is 1. The second-order valence-corrected chi connectivity index (χ2v) is 11.0. The van der Waals surface area contributed by atoms with Gasteiger partial charge in [0.15, 0.2) is 0 Å². The summed E-state index contributed by atoms with van der Waals surface area (Å²) in [5, 5.41) is 3.23. The van der Waals surface area contributed by atoms with E-state index in [1.807, 2.05) is 0 Å². The van der Waals surface area contributed by atoms with Crippen molar-refractivity contribution in [2.24, 2.45) is 0 Å². The first kappa shape index (κ1) is 26.7. The van der Waals surface area contributed by atoms with Gasteiger partial charge in [-0.25, -0.2) is 12.8 Å². The molecule has 0 unspecified atom stereocenters. The lowest BCUT2D eigenvalue weighted by Gasteiger charge is -2.26. The second-order valence-electron chi connectivity index (χ2n) is 7.59. The van der Waals surface area contributed by atoms with Crippen LogP contribution in [0.15, 0.2) is 41.3 Å². The molecule has 0 bridgehead atoms. The number of carbonyl (C=O) groups is 1. The van der Waals surface area contributed by atoms with Crippen LogP contribution in [0, 0.1) is 5.82 Å². The van der Waals surface area contributed by atoms with E-state index in [1.165, 1.54) is 35.3 Å². The summed E-state index contributed by atoms with van der Waals surface area (Å²) in [6.45, 7) is 1.79. The fraction of sp³-hybridized carbons (Fsp3) is 0.435. The van der Waals surface area contributed by atoms with E-state index in [1.54, 1.807) is 24.3 Å². The lowest BCUT2D eigenvalue weighted by atomic mass is 10.1. The van der Waals surface area contributed by atoms with E-state index in [-0.39, 0.29) is 23.0 Å². The molecule has 1 heterocycles. The van der Waals surface area contributed by atoms with Crippen molar-refractivity contribution in [3.63, 3.8) is 0 Å². The normalized spacial score (nSPS) is 14.7. The quantitative estimate of drug-likeness (QED) is 0.448. The number of hydrogen-bond donors (Lipinski definition) is 1. The van der Waals surface area contributed by atoms with Crippen molar-refractivity contribution in [2.45, 2.75) is 23.5 Å². The molecule has 3 rings (SSSR count). The Bertz CT molecular complexity index is 1070. The van der Waals surface area contributed by atoms with Crippen LogP contribution in [-0.4, -0.2) is 64.3 Å². The first-order chi connectivity index (χ1) is 16.3. The summed E-state index contributed by atoms with van der Waals surface area (Å²) in [7, 11) is -2.13. The van der Waals surface area contributed by atoms with Gasteiger partial charge in [-0.1, -0.05) is 17.7 Å². The number of ether oxygens (including phenoxy) is 2. The van der Waals surface area contributed by atoms with Gasteiger partial charge >= 0.3 is 0 Å². The summed E-state index contributed by atoms with van der Waals surface area (Å²) in [6.07, 6.45) is 0.515. The molecule has 0 aromatic heterocycles. The molecule has 0 spiro atoms. The van der Waals surface area contributed by atoms with Crippen LogP contribution in [0.2, 0.25) is 5.02 Å². The number of halogens is 2. The van der Waals surface area contributed by atoms with Crippen LogP contribution in [0.25, 0.3) is 0 Å². The van der Waals surface area contributed by atoms with Crippen LogP contribution >= 0.6 is 23.4 Å². The van der Waals surface area contributed by atoms with Gasteiger partial charge in [0.25, 0.3) is 0 Å². The maximum absolute atomic E-state index is 13.8. The van der Waals surface area contributed by atoms with E-state index in [0.29, 0.717) is 72.7 Å². The zero-order valence-corrected chi connectivity index (χ0v) is 21.3. The Balaban J connectivity index is 1.50. The van der Waals surface area contributed by atoms with Crippen LogP contribution in [0.5, 0.6) is 5.75 Å². The standard InChI is InChI=1S/C23H28ClFN2O5S2/c1-31-22-7-6-18(34(29,30)27-10-12-32-13-11-27)15-17(22)5-8-23(28)26-9-14-33-16-19-20(24)3-2-4-21(19)25/h2-4,6-7,15H,5,8-14,16H2,1H3,(H,26,28). The van der Waals surface area contributed by atoms with Gasteiger partial charge in [-0.3, -0.25) is 4.79 Å². The van der Waals surface area contributed by atoms with Crippen LogP contribution in [0.1, 0.15) is 17.5 Å². The Morgan fingerprint density at radius 3 is 2.74 bits per heavy atom. The van der Waals surface area contributed by atoms with Crippen molar-refractivity contribution in [3.8, 4) is 5.75 Å². The molecule has 1 N–H and O–H groups in total. The van der Waals surface area contributed by atoms with Gasteiger partial charge < -0.3 is 14.8 Å². The van der Waals surface area contributed by atoms with Crippen LogP contribution in [0.4, 0.5) is 4.39 Å². The fourth-order valence-electron chi connectivity index (χ4n) is 3.49. The van der Waals surface area contributed by atoms with Crippen molar-refractivity contribution in [3.05, 3.63) is 58.4 Å². The third-order valence-corrected chi connectivity index (χ3v) is 8.59. The SMILES string of the molecule is COc1ccc(S(=O)(=O)N2CCOCC2)cc1CCC(=O)NCCSCc1c(F)cccc1Cl. The van der Waals surface area contributed by atoms with Crippen molar-refractivity contribution >= 4 is 39.3 Å². The largest absolute Gasteiger partial charge is 0.496 e. The molecule has 11 heteroatoms. The molecule has 2 aromatic carbocycles. The first-order valence-electron chi connectivity index (χ1n) is 10.8. The molecular formula is C23H28ClFN2O5S2.